The highest BCUT2D eigenvalue weighted by atomic mass is 32.2. The van der Waals surface area contributed by atoms with Crippen molar-refractivity contribution in [1.29, 1.82) is 0 Å². The summed E-state index contributed by atoms with van der Waals surface area (Å²) in [5.41, 5.74) is 1.76. The largest absolute Gasteiger partial charge is 0.497 e. The second-order valence-corrected chi connectivity index (χ2v) is 8.61. The molecular weight excluding hydrogens is 394 g/mol. The first-order chi connectivity index (χ1) is 13.5. The SMILES string of the molecule is CCC(Sc1ncnc2sc(C)c(C)c12)C(=O)Nc1cc(OC)ccc1OC. The summed E-state index contributed by atoms with van der Waals surface area (Å²) in [7, 11) is 3.16. The fraction of sp³-hybridized carbons (Fsp3) is 0.350. The summed E-state index contributed by atoms with van der Waals surface area (Å²) in [5.74, 6) is 1.14. The zero-order valence-electron chi connectivity index (χ0n) is 16.5. The van der Waals surface area contributed by atoms with Gasteiger partial charge in [-0.2, -0.15) is 0 Å². The van der Waals surface area contributed by atoms with Gasteiger partial charge in [0.2, 0.25) is 5.91 Å². The Morgan fingerprint density at radius 2 is 2.04 bits per heavy atom. The van der Waals surface area contributed by atoms with Crippen molar-refractivity contribution in [2.45, 2.75) is 37.5 Å². The Hall–Kier alpha value is -2.32. The number of benzene rings is 1. The Balaban J connectivity index is 1.86. The van der Waals surface area contributed by atoms with Gasteiger partial charge in [0.05, 0.1) is 25.2 Å². The Labute approximate surface area is 172 Å². The Morgan fingerprint density at radius 1 is 1.25 bits per heavy atom. The van der Waals surface area contributed by atoms with Crippen molar-refractivity contribution in [3.8, 4) is 11.5 Å². The molecule has 0 saturated carbocycles. The van der Waals surface area contributed by atoms with Crippen LogP contribution < -0.4 is 14.8 Å². The van der Waals surface area contributed by atoms with E-state index >= 15 is 0 Å². The van der Waals surface area contributed by atoms with E-state index in [0.29, 0.717) is 23.6 Å². The van der Waals surface area contributed by atoms with E-state index in [0.717, 1.165) is 15.2 Å². The number of thioether (sulfide) groups is 1. The lowest BCUT2D eigenvalue weighted by atomic mass is 10.2. The first-order valence-corrected chi connectivity index (χ1v) is 10.6. The average Bonchev–Trinajstić information content (AvgIpc) is 3.00. The van der Waals surface area contributed by atoms with E-state index in [1.165, 1.54) is 22.2 Å². The van der Waals surface area contributed by atoms with Gasteiger partial charge in [-0.25, -0.2) is 9.97 Å². The van der Waals surface area contributed by atoms with Crippen LogP contribution in [0.3, 0.4) is 0 Å². The summed E-state index contributed by atoms with van der Waals surface area (Å²) in [4.78, 5) is 24.0. The van der Waals surface area contributed by atoms with E-state index in [2.05, 4.69) is 29.1 Å². The topological polar surface area (TPSA) is 73.3 Å². The Morgan fingerprint density at radius 3 is 2.71 bits per heavy atom. The molecule has 0 fully saturated rings. The molecule has 2 aromatic heterocycles. The van der Waals surface area contributed by atoms with Gasteiger partial charge >= 0.3 is 0 Å². The third-order valence-electron chi connectivity index (χ3n) is 4.51. The predicted molar refractivity (Wildman–Crippen MR) is 115 cm³/mol. The summed E-state index contributed by atoms with van der Waals surface area (Å²) >= 11 is 3.12. The molecule has 0 saturated heterocycles. The lowest BCUT2D eigenvalue weighted by molar-refractivity contribution is -0.115. The monoisotopic (exact) mass is 417 g/mol. The molecule has 0 aliphatic carbocycles. The zero-order chi connectivity index (χ0) is 20.3. The van der Waals surface area contributed by atoms with Crippen LogP contribution in [0.1, 0.15) is 23.8 Å². The second kappa shape index (κ2) is 8.79. The van der Waals surface area contributed by atoms with Crippen molar-refractivity contribution < 1.29 is 14.3 Å². The van der Waals surface area contributed by atoms with E-state index in [1.807, 2.05) is 6.92 Å². The average molecular weight is 418 g/mol. The minimum absolute atomic E-state index is 0.101. The van der Waals surface area contributed by atoms with E-state index in [-0.39, 0.29) is 11.2 Å². The van der Waals surface area contributed by atoms with Gasteiger partial charge in [0.25, 0.3) is 0 Å². The number of nitrogens with zero attached hydrogens (tertiary/aromatic N) is 2. The fourth-order valence-corrected chi connectivity index (χ4v) is 4.96. The number of amides is 1. The minimum atomic E-state index is -0.298. The molecule has 1 unspecified atom stereocenters. The van der Waals surface area contributed by atoms with Crippen molar-refractivity contribution in [1.82, 2.24) is 9.97 Å². The highest BCUT2D eigenvalue weighted by Crippen LogP contribution is 2.37. The lowest BCUT2D eigenvalue weighted by Crippen LogP contribution is -2.25. The normalized spacial score (nSPS) is 12.0. The quantitative estimate of drug-likeness (QED) is 0.438. The molecule has 1 aromatic carbocycles. The molecule has 28 heavy (non-hydrogen) atoms. The third kappa shape index (κ3) is 4.07. The Bertz CT molecular complexity index is 1000. The molecule has 2 heterocycles. The van der Waals surface area contributed by atoms with Crippen LogP contribution in [0.5, 0.6) is 11.5 Å². The number of anilines is 1. The number of hydrogen-bond donors (Lipinski definition) is 1. The smallest absolute Gasteiger partial charge is 0.238 e. The van der Waals surface area contributed by atoms with Crippen molar-refractivity contribution in [2.75, 3.05) is 19.5 Å². The minimum Gasteiger partial charge on any atom is -0.497 e. The summed E-state index contributed by atoms with van der Waals surface area (Å²) in [5, 5.41) is 4.55. The number of carbonyl (C=O) groups is 1. The second-order valence-electron chi connectivity index (χ2n) is 6.21. The summed E-state index contributed by atoms with van der Waals surface area (Å²) < 4.78 is 10.6. The number of rotatable bonds is 7. The first-order valence-electron chi connectivity index (χ1n) is 8.88. The first kappa shape index (κ1) is 20.4. The molecule has 0 spiro atoms. The van der Waals surface area contributed by atoms with Crippen molar-refractivity contribution in [3.05, 3.63) is 35.0 Å². The molecule has 6 nitrogen and oxygen atoms in total. The van der Waals surface area contributed by atoms with E-state index in [4.69, 9.17) is 9.47 Å². The molecule has 0 radical (unpaired) electrons. The molecule has 8 heteroatoms. The highest BCUT2D eigenvalue weighted by Gasteiger charge is 2.23. The lowest BCUT2D eigenvalue weighted by Gasteiger charge is -2.17. The van der Waals surface area contributed by atoms with E-state index in [1.54, 1.807) is 50.1 Å². The summed E-state index contributed by atoms with van der Waals surface area (Å²) in [6.07, 6.45) is 2.23. The number of hydrogen-bond acceptors (Lipinski definition) is 7. The number of ether oxygens (including phenoxy) is 2. The number of carbonyl (C=O) groups excluding carboxylic acids is 1. The van der Waals surface area contributed by atoms with Crippen LogP contribution in [0.25, 0.3) is 10.2 Å². The van der Waals surface area contributed by atoms with Gasteiger partial charge in [-0.1, -0.05) is 18.7 Å². The van der Waals surface area contributed by atoms with Crippen LogP contribution in [0, 0.1) is 13.8 Å². The number of aromatic nitrogens is 2. The molecule has 3 rings (SSSR count). The molecule has 0 aliphatic rings. The standard InChI is InChI=1S/C20H23N3O3S2/c1-6-16(18(24)23-14-9-13(25-4)7-8-15(14)26-5)28-20-17-11(2)12(3)27-19(17)21-10-22-20/h7-10,16H,6H2,1-5H3,(H,23,24). The number of aryl methyl sites for hydroxylation is 2. The summed E-state index contributed by atoms with van der Waals surface area (Å²) in [6.45, 7) is 6.14. The predicted octanol–water partition coefficient (Wildman–Crippen LogP) is 4.83. The maximum atomic E-state index is 13.0. The number of fused-ring (bicyclic) bond motifs is 1. The van der Waals surface area contributed by atoms with Crippen molar-refractivity contribution >= 4 is 44.9 Å². The molecule has 1 N–H and O–H groups in total. The van der Waals surface area contributed by atoms with E-state index in [9.17, 15) is 4.79 Å². The van der Waals surface area contributed by atoms with Crippen molar-refractivity contribution in [3.63, 3.8) is 0 Å². The van der Waals surface area contributed by atoms with E-state index < -0.39 is 0 Å². The maximum Gasteiger partial charge on any atom is 0.238 e. The van der Waals surface area contributed by atoms with Gasteiger partial charge in [0.15, 0.2) is 0 Å². The maximum absolute atomic E-state index is 13.0. The molecule has 148 valence electrons. The van der Waals surface area contributed by atoms with Gasteiger partial charge in [0, 0.05) is 16.3 Å². The van der Waals surface area contributed by atoms with Crippen LogP contribution in [0.4, 0.5) is 5.69 Å². The highest BCUT2D eigenvalue weighted by molar-refractivity contribution is 8.00. The van der Waals surface area contributed by atoms with Crippen LogP contribution >= 0.6 is 23.1 Å². The third-order valence-corrected chi connectivity index (χ3v) is 6.99. The molecule has 3 aromatic rings. The van der Waals surface area contributed by atoms with Gasteiger partial charge < -0.3 is 14.8 Å². The van der Waals surface area contributed by atoms with Crippen LogP contribution in [0.2, 0.25) is 0 Å². The number of methoxy groups -OCH3 is 2. The zero-order valence-corrected chi connectivity index (χ0v) is 18.2. The van der Waals surface area contributed by atoms with Gasteiger partial charge in [-0.05, 0) is 38.0 Å². The molecular formula is C20H23N3O3S2. The van der Waals surface area contributed by atoms with Crippen LogP contribution in [-0.2, 0) is 4.79 Å². The fourth-order valence-electron chi connectivity index (χ4n) is 2.82. The molecule has 1 amide bonds. The van der Waals surface area contributed by atoms with Crippen molar-refractivity contribution in [2.24, 2.45) is 0 Å². The van der Waals surface area contributed by atoms with Crippen LogP contribution in [-0.4, -0.2) is 35.3 Å². The van der Waals surface area contributed by atoms with Gasteiger partial charge in [-0.15, -0.1) is 11.3 Å². The molecule has 0 aliphatic heterocycles. The number of nitrogens with one attached hydrogen (secondary N) is 1. The van der Waals surface area contributed by atoms with Gasteiger partial charge in [-0.3, -0.25) is 4.79 Å². The molecule has 0 bridgehead atoms. The number of thiophene rings is 1. The van der Waals surface area contributed by atoms with Gasteiger partial charge in [0.1, 0.15) is 27.7 Å². The Kier molecular flexibility index (Phi) is 6.41. The molecule has 1 atom stereocenters. The van der Waals surface area contributed by atoms with Crippen LogP contribution in [0.15, 0.2) is 29.6 Å². The summed E-state index contributed by atoms with van der Waals surface area (Å²) in [6, 6.07) is 5.32.